The number of pyridine rings is 6. The SMILES string of the molecule is N#Cc1cc(-c2cccc(-c3ccc4c5ccc(-c6ccccc6)cc5n(-c5ccccc5)c4c3)n2)ccn1.N#Cc1ccnc(-c2ccc(-c3ccc4c5ccc(-c6ccccc6)cc5n(-c5ccccc5)c4c3)cn2)c1.N#Cc1cncc(-c2cccc(-c3ccc4c5ccc(-c6ccccc6)cc5n(-c5ccccc5)c4c3)n2)c1. The molecule has 117 heavy (non-hydrogen) atoms. The Morgan fingerprint density at radius 2 is 0.556 bits per heavy atom. The first-order chi connectivity index (χ1) is 57.8. The van der Waals surface area contributed by atoms with E-state index < -0.39 is 0 Å². The van der Waals surface area contributed by atoms with E-state index in [9.17, 15) is 15.8 Å². The predicted octanol–water partition coefficient (Wildman–Crippen LogP) is 25.3. The molecule has 0 aliphatic rings. The maximum atomic E-state index is 9.29. The summed E-state index contributed by atoms with van der Waals surface area (Å²) in [5, 5.41) is 35.0. The summed E-state index contributed by atoms with van der Waals surface area (Å²) in [6, 6.07) is 134. The minimum absolute atomic E-state index is 0.378. The molecule has 0 N–H and O–H groups in total. The summed E-state index contributed by atoms with van der Waals surface area (Å²) < 4.78 is 7.02. The monoisotopic (exact) mass is 1490 g/mol. The average Bonchev–Trinajstić information content (AvgIpc) is 1.60. The molecule has 0 saturated heterocycles. The highest BCUT2D eigenvalue weighted by Crippen LogP contribution is 2.42. The van der Waals surface area contributed by atoms with Gasteiger partial charge in [0.25, 0.3) is 0 Å². The Morgan fingerprint density at radius 1 is 0.205 bits per heavy atom. The molecule has 9 aromatic heterocycles. The quantitative estimate of drug-likeness (QED) is 0.116. The van der Waals surface area contributed by atoms with Crippen LogP contribution in [0.1, 0.15) is 16.8 Å². The van der Waals surface area contributed by atoms with Crippen LogP contribution in [0.25, 0.3) is 183 Å². The zero-order chi connectivity index (χ0) is 78.5. The van der Waals surface area contributed by atoms with Gasteiger partial charge in [-0.15, -0.1) is 0 Å². The van der Waals surface area contributed by atoms with Gasteiger partial charge >= 0.3 is 0 Å². The molecule has 9 heterocycles. The molecule has 0 amide bonds. The molecule has 0 aliphatic carbocycles. The van der Waals surface area contributed by atoms with Crippen molar-refractivity contribution in [1.82, 2.24) is 43.6 Å². The molecule has 12 aromatic carbocycles. The predicted molar refractivity (Wildman–Crippen MR) is 472 cm³/mol. The van der Waals surface area contributed by atoms with E-state index in [1.165, 1.54) is 71.2 Å². The van der Waals surface area contributed by atoms with Gasteiger partial charge in [0.15, 0.2) is 0 Å². The summed E-state index contributed by atoms with van der Waals surface area (Å²) >= 11 is 0. The second-order valence-electron chi connectivity index (χ2n) is 28.4. The molecule has 21 rings (SSSR count). The van der Waals surface area contributed by atoms with Crippen LogP contribution in [-0.2, 0) is 0 Å². The zero-order valence-corrected chi connectivity index (χ0v) is 63.0. The van der Waals surface area contributed by atoms with Crippen LogP contribution in [-0.4, -0.2) is 43.6 Å². The topological polar surface area (TPSA) is 164 Å². The van der Waals surface area contributed by atoms with Gasteiger partial charge in [-0.25, -0.2) is 15.0 Å². The van der Waals surface area contributed by atoms with Crippen molar-refractivity contribution in [1.29, 1.82) is 15.8 Å². The minimum atomic E-state index is 0.378. The number of nitriles is 3. The Balaban J connectivity index is 0.000000117. The lowest BCUT2D eigenvalue weighted by Gasteiger charge is -2.10. The third kappa shape index (κ3) is 14.0. The molecule has 0 spiro atoms. The Morgan fingerprint density at radius 3 is 0.940 bits per heavy atom. The first-order valence-corrected chi connectivity index (χ1v) is 38.4. The Bertz CT molecular complexity index is 7150. The summed E-state index contributed by atoms with van der Waals surface area (Å²) in [5.41, 5.74) is 29.5. The van der Waals surface area contributed by atoms with Crippen molar-refractivity contribution in [2.75, 3.05) is 0 Å². The molecule has 12 heteroatoms. The van der Waals surface area contributed by atoms with Gasteiger partial charge in [-0.3, -0.25) is 15.0 Å². The van der Waals surface area contributed by atoms with Crippen LogP contribution >= 0.6 is 0 Å². The Kier molecular flexibility index (Phi) is 18.9. The molecule has 21 aromatic rings. The van der Waals surface area contributed by atoms with Gasteiger partial charge < -0.3 is 13.7 Å². The normalized spacial score (nSPS) is 11.1. The van der Waals surface area contributed by atoms with E-state index in [1.807, 2.05) is 97.2 Å². The number of aromatic nitrogens is 9. The fourth-order valence-corrected chi connectivity index (χ4v) is 15.7. The summed E-state index contributed by atoms with van der Waals surface area (Å²) in [6.45, 7) is 0. The largest absolute Gasteiger partial charge is 0.309 e. The second kappa shape index (κ2) is 31.3. The van der Waals surface area contributed by atoms with Gasteiger partial charge in [0.05, 0.1) is 84.5 Å². The van der Waals surface area contributed by atoms with E-state index in [0.717, 1.165) is 106 Å². The first-order valence-electron chi connectivity index (χ1n) is 38.4. The van der Waals surface area contributed by atoms with E-state index in [4.69, 9.17) is 9.97 Å². The van der Waals surface area contributed by atoms with Crippen LogP contribution < -0.4 is 0 Å². The summed E-state index contributed by atoms with van der Waals surface area (Å²) in [6.07, 6.45) is 8.47. The highest BCUT2D eigenvalue weighted by Gasteiger charge is 2.21. The first kappa shape index (κ1) is 70.8. The summed E-state index contributed by atoms with van der Waals surface area (Å²) in [7, 11) is 0. The van der Waals surface area contributed by atoms with Crippen molar-refractivity contribution in [2.45, 2.75) is 0 Å². The third-order valence-corrected chi connectivity index (χ3v) is 21.3. The second-order valence-corrected chi connectivity index (χ2v) is 28.4. The van der Waals surface area contributed by atoms with Crippen molar-refractivity contribution in [3.63, 3.8) is 0 Å². The minimum Gasteiger partial charge on any atom is -0.309 e. The fourth-order valence-electron chi connectivity index (χ4n) is 15.7. The van der Waals surface area contributed by atoms with Crippen molar-refractivity contribution in [2.24, 2.45) is 0 Å². The van der Waals surface area contributed by atoms with Crippen molar-refractivity contribution < 1.29 is 0 Å². The van der Waals surface area contributed by atoms with Gasteiger partial charge in [0, 0.05) is 108 Å². The van der Waals surface area contributed by atoms with Crippen LogP contribution in [0.5, 0.6) is 0 Å². The molecule has 0 bridgehead atoms. The van der Waals surface area contributed by atoms with E-state index in [1.54, 1.807) is 43.0 Å². The number of benzene rings is 12. The van der Waals surface area contributed by atoms with Gasteiger partial charge in [-0.2, -0.15) is 15.8 Å². The Hall–Kier alpha value is -16.6. The molecule has 0 fully saturated rings. The average molecular weight is 1500 g/mol. The molecule has 0 saturated carbocycles. The van der Waals surface area contributed by atoms with Crippen LogP contribution in [0.3, 0.4) is 0 Å². The number of fused-ring (bicyclic) bond motifs is 9. The van der Waals surface area contributed by atoms with Gasteiger partial charge in [0.2, 0.25) is 0 Å². The van der Waals surface area contributed by atoms with E-state index in [-0.39, 0.29) is 0 Å². The molecule has 0 aliphatic heterocycles. The fraction of sp³-hybridized carbons (Fsp3) is 0. The maximum absolute atomic E-state index is 9.29. The third-order valence-electron chi connectivity index (χ3n) is 21.3. The van der Waals surface area contributed by atoms with E-state index in [2.05, 4.69) is 313 Å². The van der Waals surface area contributed by atoms with Crippen molar-refractivity contribution in [3.8, 4) is 136 Å². The molecular weight excluding hydrogens is 1430 g/mol. The molecule has 12 nitrogen and oxygen atoms in total. The van der Waals surface area contributed by atoms with E-state index >= 15 is 0 Å². The van der Waals surface area contributed by atoms with E-state index in [0.29, 0.717) is 22.5 Å². The van der Waals surface area contributed by atoms with Crippen molar-refractivity contribution >= 4 is 65.4 Å². The number of para-hydroxylation sites is 3. The summed E-state index contributed by atoms with van der Waals surface area (Å²) in [4.78, 5) is 27.3. The smallest absolute Gasteiger partial charge is 0.141 e. The molecule has 0 radical (unpaired) electrons. The number of nitrogens with zero attached hydrogens (tertiary/aromatic N) is 12. The van der Waals surface area contributed by atoms with Crippen LogP contribution in [0, 0.1) is 34.0 Å². The number of rotatable bonds is 12. The molecule has 0 atom stereocenters. The van der Waals surface area contributed by atoms with Gasteiger partial charge in [-0.1, -0.05) is 237 Å². The lowest BCUT2D eigenvalue weighted by molar-refractivity contribution is 1.18. The lowest BCUT2D eigenvalue weighted by Crippen LogP contribution is -1.94. The maximum Gasteiger partial charge on any atom is 0.141 e. The van der Waals surface area contributed by atoms with Crippen LogP contribution in [0.4, 0.5) is 0 Å². The lowest BCUT2D eigenvalue weighted by atomic mass is 10.0. The summed E-state index contributed by atoms with van der Waals surface area (Å²) in [5.74, 6) is 0. The van der Waals surface area contributed by atoms with Crippen LogP contribution in [0.15, 0.2) is 401 Å². The highest BCUT2D eigenvalue weighted by molar-refractivity contribution is 6.14. The molecule has 546 valence electrons. The molecule has 0 unspecified atom stereocenters. The van der Waals surface area contributed by atoms with Crippen LogP contribution in [0.2, 0.25) is 0 Å². The zero-order valence-electron chi connectivity index (χ0n) is 63.0. The number of hydrogen-bond acceptors (Lipinski definition) is 9. The van der Waals surface area contributed by atoms with Gasteiger partial charge in [-0.05, 0) is 172 Å². The van der Waals surface area contributed by atoms with Crippen molar-refractivity contribution in [3.05, 3.63) is 418 Å². The number of hydrogen-bond donors (Lipinski definition) is 0. The van der Waals surface area contributed by atoms with Gasteiger partial charge in [0.1, 0.15) is 17.8 Å². The highest BCUT2D eigenvalue weighted by atomic mass is 15.0. The Labute approximate surface area is 674 Å². The standard InChI is InChI=1S/3C35H22N4/c36-21-24-18-28(23-37-22-24)33-13-7-12-32(38-33)27-15-17-31-30-16-14-26(25-8-3-1-4-9-25)19-34(30)39(35(31)20-27)29-10-5-2-6-11-29;36-23-28-20-27(18-19-37-28)33-13-7-12-32(38-33)26-15-17-31-30-16-14-25(24-8-3-1-4-9-24)21-34(30)39(35(31)22-26)29-10-5-2-6-11-29;36-22-24-17-18-37-33(19-24)32-16-13-28(23-38-32)27-12-15-31-30-14-11-26(25-7-3-1-4-8-25)20-34(30)39(35(31)21-27)29-9-5-2-6-10-29/h1-20,22-23H;1-22H;1-21,23H. The molecular formula is C105H66N12.